The van der Waals surface area contributed by atoms with Crippen molar-refractivity contribution in [1.29, 1.82) is 0 Å². The number of nitrogens with one attached hydrogen (secondary N) is 2. The fourth-order valence-electron chi connectivity index (χ4n) is 7.27. The molecule has 0 aromatic rings. The fourth-order valence-corrected chi connectivity index (χ4v) is 7.27. The van der Waals surface area contributed by atoms with Gasteiger partial charge in [-0.05, 0) is 71.5 Å². The summed E-state index contributed by atoms with van der Waals surface area (Å²) in [5.41, 5.74) is 7.64. The Bertz CT molecular complexity index is 936. The van der Waals surface area contributed by atoms with Crippen LogP contribution in [0.2, 0.25) is 0 Å². The Morgan fingerprint density at radius 2 is 1.91 bits per heavy atom. The number of rotatable bonds is 11. The predicted octanol–water partition coefficient (Wildman–Crippen LogP) is 2.22. The quantitative estimate of drug-likeness (QED) is 0.322. The van der Waals surface area contributed by atoms with E-state index in [1.807, 2.05) is 18.9 Å². The molecule has 0 aromatic carbocycles. The first-order valence-electron chi connectivity index (χ1n) is 16.8. The Morgan fingerprint density at radius 3 is 2.55 bits per heavy atom. The molecule has 3 aliphatic rings. The molecule has 0 aliphatic carbocycles. The summed E-state index contributed by atoms with van der Waals surface area (Å²) < 4.78 is 35.7. The molecule has 0 spiro atoms. The number of likely N-dealkylation sites (N-methyl/N-ethyl adjacent to an activating group) is 1. The van der Waals surface area contributed by atoms with Crippen LogP contribution in [0.25, 0.3) is 0 Å². The predicted molar refractivity (Wildman–Crippen MR) is 171 cm³/mol. The van der Waals surface area contributed by atoms with Crippen molar-refractivity contribution in [3.8, 4) is 0 Å². The third-order valence-corrected chi connectivity index (χ3v) is 10.1. The molecule has 8 unspecified atom stereocenters. The molecule has 44 heavy (non-hydrogen) atoms. The monoisotopic (exact) mass is 627 g/mol. The molecular weight excluding hydrogens is 568 g/mol. The molecule has 254 valence electrons. The molecule has 0 bridgehead atoms. The number of nitrogens with two attached hydrogens (primary N) is 1. The fraction of sp³-hybridized carbons (Fsp3) is 0.906. The first-order valence-corrected chi connectivity index (χ1v) is 16.8. The first kappa shape index (κ1) is 36.7. The number of nitrogens with zero attached hydrogens (tertiary/aromatic N) is 4. The highest BCUT2D eigenvalue weighted by molar-refractivity contribution is 5.88. The number of alkyl halides is 2. The summed E-state index contributed by atoms with van der Waals surface area (Å²) >= 11 is 0. The number of aliphatic imine (C=N–C) groups is 1. The van der Waals surface area contributed by atoms with Crippen LogP contribution >= 0.6 is 0 Å². The van der Waals surface area contributed by atoms with Crippen LogP contribution < -0.4 is 16.4 Å². The van der Waals surface area contributed by atoms with Crippen molar-refractivity contribution in [2.45, 2.75) is 102 Å². The highest BCUT2D eigenvalue weighted by Gasteiger charge is 2.43. The average molecular weight is 628 g/mol. The lowest BCUT2D eigenvalue weighted by molar-refractivity contribution is -0.136. The van der Waals surface area contributed by atoms with E-state index in [9.17, 15) is 9.59 Å². The highest BCUT2D eigenvalue weighted by Crippen LogP contribution is 2.27. The minimum Gasteiger partial charge on any atom is -0.383 e. The number of piperidine rings is 2. The van der Waals surface area contributed by atoms with Crippen molar-refractivity contribution in [3.63, 3.8) is 0 Å². The van der Waals surface area contributed by atoms with Crippen LogP contribution in [0.5, 0.6) is 0 Å². The van der Waals surface area contributed by atoms with Crippen LogP contribution in [0.4, 0.5) is 8.78 Å². The number of amides is 2. The van der Waals surface area contributed by atoms with Gasteiger partial charge < -0.3 is 26.0 Å². The second-order valence-electron chi connectivity index (χ2n) is 13.2. The van der Waals surface area contributed by atoms with Crippen molar-refractivity contribution in [2.24, 2.45) is 28.5 Å². The zero-order chi connectivity index (χ0) is 32.4. The second-order valence-corrected chi connectivity index (χ2v) is 13.2. The van der Waals surface area contributed by atoms with Gasteiger partial charge in [0.2, 0.25) is 11.8 Å². The summed E-state index contributed by atoms with van der Waals surface area (Å²) in [6.07, 6.45) is 2.02. The molecule has 0 aromatic heterocycles. The Hall–Kier alpha value is -1.73. The smallest absolute Gasteiger partial charge is 0.228 e. The molecule has 12 heteroatoms. The third-order valence-electron chi connectivity index (χ3n) is 10.1. The first-order chi connectivity index (χ1) is 21.0. The molecular formula is C32H59F2N7O3. The van der Waals surface area contributed by atoms with E-state index >= 15 is 8.78 Å². The van der Waals surface area contributed by atoms with Crippen LogP contribution in [0.15, 0.2) is 4.99 Å². The summed E-state index contributed by atoms with van der Waals surface area (Å²) in [6.45, 7) is 9.17. The Morgan fingerprint density at radius 1 is 1.20 bits per heavy atom. The van der Waals surface area contributed by atoms with Gasteiger partial charge in [-0.25, -0.2) is 8.78 Å². The summed E-state index contributed by atoms with van der Waals surface area (Å²) in [5, 5.41) is 6.30. The Balaban J connectivity index is 1.77. The number of carbonyl (C=O) groups is 2. The minimum atomic E-state index is -1.18. The lowest BCUT2D eigenvalue weighted by Gasteiger charge is -2.45. The van der Waals surface area contributed by atoms with E-state index < -0.39 is 36.5 Å². The zero-order valence-corrected chi connectivity index (χ0v) is 27.9. The van der Waals surface area contributed by atoms with Crippen LogP contribution in [-0.2, 0) is 14.3 Å². The van der Waals surface area contributed by atoms with E-state index in [4.69, 9.17) is 15.5 Å². The van der Waals surface area contributed by atoms with E-state index in [0.29, 0.717) is 58.5 Å². The van der Waals surface area contributed by atoms with Crippen LogP contribution in [0, 0.1) is 17.8 Å². The van der Waals surface area contributed by atoms with Gasteiger partial charge in [-0.15, -0.1) is 0 Å². The van der Waals surface area contributed by atoms with Gasteiger partial charge in [-0.3, -0.25) is 24.4 Å². The Labute approximate surface area is 263 Å². The Kier molecular flexibility index (Phi) is 14.9. The van der Waals surface area contributed by atoms with E-state index in [1.54, 1.807) is 19.1 Å². The number of hydrogen-bond donors (Lipinski definition) is 3. The van der Waals surface area contributed by atoms with Crippen molar-refractivity contribution in [1.82, 2.24) is 25.3 Å². The molecule has 3 heterocycles. The largest absolute Gasteiger partial charge is 0.383 e. The summed E-state index contributed by atoms with van der Waals surface area (Å²) in [5.74, 6) is -0.815. The van der Waals surface area contributed by atoms with Gasteiger partial charge in [0.05, 0.1) is 24.6 Å². The summed E-state index contributed by atoms with van der Waals surface area (Å²) in [6, 6.07) is -1.37. The molecule has 0 saturated carbocycles. The summed E-state index contributed by atoms with van der Waals surface area (Å²) in [7, 11) is 5.23. The molecule has 3 aliphatic heterocycles. The summed E-state index contributed by atoms with van der Waals surface area (Å²) in [4.78, 5) is 37.6. The average Bonchev–Trinajstić information content (AvgIpc) is 3.00. The topological polar surface area (TPSA) is 116 Å². The van der Waals surface area contributed by atoms with Crippen LogP contribution in [0.1, 0.15) is 65.7 Å². The van der Waals surface area contributed by atoms with Crippen LogP contribution in [0.3, 0.4) is 0 Å². The number of halogens is 2. The number of likely N-dealkylation sites (tertiary alicyclic amines) is 1. The molecule has 2 saturated heterocycles. The zero-order valence-electron chi connectivity index (χ0n) is 27.9. The SMILES string of the molecule is CCCC(CC)C1=NC(N)C(C(=O)NC2CNCC(F)C2N2CCC(C(=O)N(C)CCOC)CC2)C(C)N(C)CC(F)CC1. The van der Waals surface area contributed by atoms with E-state index in [2.05, 4.69) is 29.4 Å². The maximum absolute atomic E-state index is 15.6. The molecule has 3 rings (SSSR count). The van der Waals surface area contributed by atoms with Gasteiger partial charge in [0.25, 0.3) is 0 Å². The van der Waals surface area contributed by atoms with Gasteiger partial charge in [-0.2, -0.15) is 0 Å². The van der Waals surface area contributed by atoms with Gasteiger partial charge in [0, 0.05) is 58.0 Å². The van der Waals surface area contributed by atoms with E-state index in [0.717, 1.165) is 25.0 Å². The number of hydrogen-bond acceptors (Lipinski definition) is 8. The third kappa shape index (κ3) is 9.64. The lowest BCUT2D eigenvalue weighted by atomic mass is 9.88. The van der Waals surface area contributed by atoms with Gasteiger partial charge in [0.1, 0.15) is 18.5 Å². The minimum absolute atomic E-state index is 0.0939. The lowest BCUT2D eigenvalue weighted by Crippen LogP contribution is -2.67. The van der Waals surface area contributed by atoms with Crippen LogP contribution in [-0.4, -0.2) is 136 Å². The second kappa shape index (κ2) is 17.8. The molecule has 4 N–H and O–H groups in total. The van der Waals surface area contributed by atoms with Crippen molar-refractivity contribution in [3.05, 3.63) is 0 Å². The van der Waals surface area contributed by atoms with Gasteiger partial charge in [-0.1, -0.05) is 20.3 Å². The number of ether oxygens (including phenoxy) is 1. The number of carbonyl (C=O) groups excluding carboxylic acids is 2. The molecule has 0 radical (unpaired) electrons. The highest BCUT2D eigenvalue weighted by atomic mass is 19.1. The van der Waals surface area contributed by atoms with Crippen molar-refractivity contribution in [2.75, 3.05) is 67.1 Å². The van der Waals surface area contributed by atoms with Gasteiger partial charge >= 0.3 is 0 Å². The molecule has 8 atom stereocenters. The normalized spacial score (nSPS) is 32.5. The number of methoxy groups -OCH3 is 1. The van der Waals surface area contributed by atoms with E-state index in [1.165, 1.54) is 0 Å². The van der Waals surface area contributed by atoms with E-state index in [-0.39, 0.29) is 42.8 Å². The molecule has 10 nitrogen and oxygen atoms in total. The maximum Gasteiger partial charge on any atom is 0.228 e. The molecule has 2 fully saturated rings. The van der Waals surface area contributed by atoms with Crippen molar-refractivity contribution >= 4 is 17.5 Å². The standard InChI is InChI=1S/C32H59F2N7O3/c1-7-9-22(8-2)26-11-10-24(33)20-40(5)21(3)28(30(35)37-26)31(42)38-27-19-36-18-25(34)29(27)41-14-12-23(13-15-41)32(43)39(4)16-17-44-6/h21-25,27-30,36H,7-20,35H2,1-6H3,(H,38,42). The maximum atomic E-state index is 15.6. The van der Waals surface area contributed by atoms with Crippen molar-refractivity contribution < 1.29 is 23.1 Å². The molecule has 2 amide bonds. The van der Waals surface area contributed by atoms with Gasteiger partial charge in [0.15, 0.2) is 0 Å².